The van der Waals surface area contributed by atoms with Crippen molar-refractivity contribution in [1.29, 1.82) is 0 Å². The van der Waals surface area contributed by atoms with E-state index in [0.717, 1.165) is 17.7 Å². The molecule has 0 radical (unpaired) electrons. The Morgan fingerprint density at radius 1 is 1.00 bits per heavy atom. The Labute approximate surface area is 151 Å². The molecule has 0 aliphatic carbocycles. The molecule has 0 bridgehead atoms. The molecule has 1 amide bonds. The number of amides is 1. The highest BCUT2D eigenvalue weighted by molar-refractivity contribution is 6.35. The summed E-state index contributed by atoms with van der Waals surface area (Å²) < 4.78 is 38.4. The van der Waals surface area contributed by atoms with Gasteiger partial charge in [-0.2, -0.15) is 13.2 Å². The minimum absolute atomic E-state index is 0.0268. The highest BCUT2D eigenvalue weighted by Gasteiger charge is 2.33. The Morgan fingerprint density at radius 2 is 1.71 bits per heavy atom. The Bertz CT molecular complexity index is 763. The van der Waals surface area contributed by atoms with Crippen LogP contribution in [0.4, 0.5) is 18.9 Å². The maximum absolute atomic E-state index is 12.8. The summed E-state index contributed by atoms with van der Waals surface area (Å²) in [4.78, 5) is 11.9. The highest BCUT2D eigenvalue weighted by atomic mass is 35.5. The standard InChI is InChI=1S/C16H11Cl3F3NO/c17-10-3-1-9(14(19)7-10)2-6-15(24)23-11-4-5-13(18)12(8-11)16(20,21)22/h1,3-5,7-8H,2,6H2,(H,23,24). The molecule has 0 saturated heterocycles. The third kappa shape index (κ3) is 5.03. The summed E-state index contributed by atoms with van der Waals surface area (Å²) in [6, 6.07) is 8.11. The number of hydrogen-bond acceptors (Lipinski definition) is 1. The lowest BCUT2D eigenvalue weighted by molar-refractivity contribution is -0.137. The van der Waals surface area contributed by atoms with Crippen LogP contribution in [-0.4, -0.2) is 5.91 Å². The molecule has 24 heavy (non-hydrogen) atoms. The van der Waals surface area contributed by atoms with Crippen LogP contribution in [0.5, 0.6) is 0 Å². The quantitative estimate of drug-likeness (QED) is 0.651. The number of carbonyl (C=O) groups is 1. The molecule has 2 nitrogen and oxygen atoms in total. The molecule has 0 aliphatic heterocycles. The molecule has 8 heteroatoms. The van der Waals surface area contributed by atoms with Crippen LogP contribution in [0.3, 0.4) is 0 Å². The molecule has 0 spiro atoms. The van der Waals surface area contributed by atoms with Gasteiger partial charge in [-0.1, -0.05) is 40.9 Å². The lowest BCUT2D eigenvalue weighted by Crippen LogP contribution is -2.14. The lowest BCUT2D eigenvalue weighted by Gasteiger charge is -2.12. The summed E-state index contributed by atoms with van der Waals surface area (Å²) in [5, 5.41) is 2.91. The number of halogens is 6. The van der Waals surface area contributed by atoms with Gasteiger partial charge in [-0.3, -0.25) is 4.79 Å². The number of nitrogens with one attached hydrogen (secondary N) is 1. The van der Waals surface area contributed by atoms with E-state index in [1.165, 1.54) is 6.07 Å². The molecule has 128 valence electrons. The van der Waals surface area contributed by atoms with Crippen molar-refractivity contribution in [2.45, 2.75) is 19.0 Å². The van der Waals surface area contributed by atoms with Gasteiger partial charge in [0.15, 0.2) is 0 Å². The summed E-state index contributed by atoms with van der Waals surface area (Å²) in [5.74, 6) is -0.434. The summed E-state index contributed by atoms with van der Waals surface area (Å²) in [6.45, 7) is 0. The Morgan fingerprint density at radius 3 is 2.33 bits per heavy atom. The minimum atomic E-state index is -4.59. The summed E-state index contributed by atoms with van der Waals surface area (Å²) in [7, 11) is 0. The van der Waals surface area contributed by atoms with Crippen molar-refractivity contribution in [1.82, 2.24) is 0 Å². The van der Waals surface area contributed by atoms with Crippen molar-refractivity contribution in [3.05, 3.63) is 62.6 Å². The molecule has 2 aromatic rings. The van der Waals surface area contributed by atoms with Crippen LogP contribution in [0, 0.1) is 0 Å². The highest BCUT2D eigenvalue weighted by Crippen LogP contribution is 2.36. The molecule has 0 saturated carbocycles. The molecule has 0 aromatic heterocycles. The van der Waals surface area contributed by atoms with Gasteiger partial charge in [-0.25, -0.2) is 0 Å². The molecule has 2 aromatic carbocycles. The topological polar surface area (TPSA) is 29.1 Å². The van der Waals surface area contributed by atoms with Gasteiger partial charge < -0.3 is 5.32 Å². The first-order valence-corrected chi connectivity index (χ1v) is 7.91. The van der Waals surface area contributed by atoms with Crippen LogP contribution in [0.2, 0.25) is 15.1 Å². The Hall–Kier alpha value is -1.43. The van der Waals surface area contributed by atoms with E-state index in [2.05, 4.69) is 5.32 Å². The molecular formula is C16H11Cl3F3NO. The van der Waals surface area contributed by atoms with Gasteiger partial charge in [0.05, 0.1) is 10.6 Å². The molecule has 1 N–H and O–H groups in total. The number of alkyl halides is 3. The van der Waals surface area contributed by atoms with Crippen molar-refractivity contribution in [2.24, 2.45) is 0 Å². The molecule has 2 rings (SSSR count). The third-order valence-electron chi connectivity index (χ3n) is 3.19. The SMILES string of the molecule is O=C(CCc1ccc(Cl)cc1Cl)Nc1ccc(Cl)c(C(F)(F)F)c1. The average molecular weight is 397 g/mol. The third-order valence-corrected chi connectivity index (χ3v) is 4.11. The maximum Gasteiger partial charge on any atom is 0.417 e. The number of benzene rings is 2. The average Bonchev–Trinajstić information content (AvgIpc) is 2.47. The largest absolute Gasteiger partial charge is 0.417 e. The number of hydrogen-bond donors (Lipinski definition) is 1. The second-order valence-corrected chi connectivity index (χ2v) is 6.23. The first-order valence-electron chi connectivity index (χ1n) is 6.77. The minimum Gasteiger partial charge on any atom is -0.326 e. The second-order valence-electron chi connectivity index (χ2n) is 4.98. The number of carbonyl (C=O) groups excluding carboxylic acids is 1. The van der Waals surface area contributed by atoms with E-state index < -0.39 is 22.7 Å². The van der Waals surface area contributed by atoms with E-state index in [1.807, 2.05) is 0 Å². The van der Waals surface area contributed by atoms with E-state index in [9.17, 15) is 18.0 Å². The van der Waals surface area contributed by atoms with Crippen molar-refractivity contribution in [3.63, 3.8) is 0 Å². The Kier molecular flexibility index (Phi) is 6.01. The zero-order valence-corrected chi connectivity index (χ0v) is 14.3. The fourth-order valence-electron chi connectivity index (χ4n) is 2.02. The normalized spacial score (nSPS) is 11.4. The van der Waals surface area contributed by atoms with Crippen LogP contribution in [0.25, 0.3) is 0 Å². The van der Waals surface area contributed by atoms with Crippen LogP contribution < -0.4 is 5.32 Å². The molecule has 0 unspecified atom stereocenters. The van der Waals surface area contributed by atoms with E-state index in [0.29, 0.717) is 16.5 Å². The van der Waals surface area contributed by atoms with Crippen molar-refractivity contribution in [2.75, 3.05) is 5.32 Å². The summed E-state index contributed by atoms with van der Waals surface area (Å²) >= 11 is 17.3. The predicted octanol–water partition coefficient (Wildman–Crippen LogP) is 6.24. The van der Waals surface area contributed by atoms with E-state index in [-0.39, 0.29) is 12.1 Å². The number of aryl methyl sites for hydroxylation is 1. The smallest absolute Gasteiger partial charge is 0.326 e. The Balaban J connectivity index is 2.02. The van der Waals surface area contributed by atoms with Gasteiger partial charge in [-0.15, -0.1) is 0 Å². The van der Waals surface area contributed by atoms with Crippen LogP contribution in [0.1, 0.15) is 17.5 Å². The summed E-state index contributed by atoms with van der Waals surface area (Å²) in [5.41, 5.74) is -0.245. The lowest BCUT2D eigenvalue weighted by atomic mass is 10.1. The van der Waals surface area contributed by atoms with E-state index in [1.54, 1.807) is 18.2 Å². The number of rotatable bonds is 4. The monoisotopic (exact) mass is 395 g/mol. The second kappa shape index (κ2) is 7.64. The zero-order valence-electron chi connectivity index (χ0n) is 12.1. The maximum atomic E-state index is 12.8. The van der Waals surface area contributed by atoms with Gasteiger partial charge >= 0.3 is 6.18 Å². The molecule has 0 atom stereocenters. The van der Waals surface area contributed by atoms with Crippen LogP contribution >= 0.6 is 34.8 Å². The molecular weight excluding hydrogens is 386 g/mol. The molecule has 0 aliphatic rings. The van der Waals surface area contributed by atoms with Gasteiger partial charge in [-0.05, 0) is 42.3 Å². The van der Waals surface area contributed by atoms with Crippen molar-refractivity contribution in [3.8, 4) is 0 Å². The van der Waals surface area contributed by atoms with Crippen LogP contribution in [-0.2, 0) is 17.4 Å². The van der Waals surface area contributed by atoms with Crippen LogP contribution in [0.15, 0.2) is 36.4 Å². The van der Waals surface area contributed by atoms with Gasteiger partial charge in [0.1, 0.15) is 0 Å². The zero-order chi connectivity index (χ0) is 17.9. The van der Waals surface area contributed by atoms with Gasteiger partial charge in [0.2, 0.25) is 5.91 Å². The van der Waals surface area contributed by atoms with Crippen molar-refractivity contribution < 1.29 is 18.0 Å². The van der Waals surface area contributed by atoms with Gasteiger partial charge in [0, 0.05) is 22.2 Å². The fraction of sp³-hybridized carbons (Fsp3) is 0.188. The molecule has 0 heterocycles. The summed E-state index contributed by atoms with van der Waals surface area (Å²) in [6.07, 6.45) is -4.19. The fourth-order valence-corrected chi connectivity index (χ4v) is 2.74. The van der Waals surface area contributed by atoms with Gasteiger partial charge in [0.25, 0.3) is 0 Å². The van der Waals surface area contributed by atoms with E-state index >= 15 is 0 Å². The molecule has 0 fully saturated rings. The predicted molar refractivity (Wildman–Crippen MR) is 89.9 cm³/mol. The first-order chi connectivity index (χ1) is 11.2. The number of anilines is 1. The first kappa shape index (κ1) is 18.9. The van der Waals surface area contributed by atoms with Crippen molar-refractivity contribution >= 4 is 46.4 Å². The van der Waals surface area contributed by atoms with E-state index in [4.69, 9.17) is 34.8 Å².